The van der Waals surface area contributed by atoms with Crippen molar-refractivity contribution >= 4 is 23.5 Å². The van der Waals surface area contributed by atoms with Crippen LogP contribution in [-0.2, 0) is 9.59 Å². The van der Waals surface area contributed by atoms with E-state index in [1.54, 1.807) is 29.2 Å². The maximum absolute atomic E-state index is 13.0. The first-order valence-corrected chi connectivity index (χ1v) is 8.67. The molecule has 126 valence electrons. The third-order valence-electron chi connectivity index (χ3n) is 5.39. The van der Waals surface area contributed by atoms with Crippen LogP contribution in [0.15, 0.2) is 30.3 Å². The Hall–Kier alpha value is -2.37. The van der Waals surface area contributed by atoms with Gasteiger partial charge in [-0.25, -0.2) is 9.69 Å². The van der Waals surface area contributed by atoms with E-state index in [4.69, 9.17) is 0 Å². The minimum absolute atomic E-state index is 0.0411. The average Bonchev–Trinajstić information content (AvgIpc) is 3.25. The quantitative estimate of drug-likeness (QED) is 0.902. The number of likely N-dealkylation sites (tertiary alicyclic amines) is 1. The fourth-order valence-electron chi connectivity index (χ4n) is 4.18. The van der Waals surface area contributed by atoms with Gasteiger partial charge >= 0.3 is 6.03 Å². The van der Waals surface area contributed by atoms with Crippen LogP contribution < -0.4 is 10.2 Å². The predicted octanol–water partition coefficient (Wildman–Crippen LogP) is 1.90. The van der Waals surface area contributed by atoms with E-state index in [-0.39, 0.29) is 23.8 Å². The van der Waals surface area contributed by atoms with Gasteiger partial charge in [0.25, 0.3) is 5.91 Å². The molecule has 0 bridgehead atoms. The van der Waals surface area contributed by atoms with Crippen LogP contribution in [0.2, 0.25) is 0 Å². The lowest BCUT2D eigenvalue weighted by atomic mass is 10.0. The minimum atomic E-state index is -0.573. The molecule has 4 amide bonds. The number of rotatable bonds is 2. The van der Waals surface area contributed by atoms with Gasteiger partial charge in [0.2, 0.25) is 5.91 Å². The Labute approximate surface area is 140 Å². The minimum Gasteiger partial charge on any atom is -0.332 e. The second-order valence-corrected chi connectivity index (χ2v) is 6.81. The van der Waals surface area contributed by atoms with Crippen LogP contribution in [0.3, 0.4) is 0 Å². The number of benzene rings is 1. The Balaban J connectivity index is 1.61. The number of carbonyl (C=O) groups is 3. The summed E-state index contributed by atoms with van der Waals surface area (Å²) in [5.41, 5.74) is 0.540. The van der Waals surface area contributed by atoms with Crippen molar-refractivity contribution in [1.29, 1.82) is 0 Å². The fraction of sp³-hybridized carbons (Fsp3) is 0.500. The molecule has 1 N–H and O–H groups in total. The summed E-state index contributed by atoms with van der Waals surface area (Å²) in [5, 5.41) is 2.91. The predicted molar refractivity (Wildman–Crippen MR) is 88.3 cm³/mol. The van der Waals surface area contributed by atoms with Crippen molar-refractivity contribution in [3.63, 3.8) is 0 Å². The lowest BCUT2D eigenvalue weighted by Crippen LogP contribution is -2.65. The molecule has 1 saturated carbocycles. The molecule has 1 aromatic rings. The van der Waals surface area contributed by atoms with E-state index >= 15 is 0 Å². The van der Waals surface area contributed by atoms with E-state index in [1.807, 2.05) is 6.07 Å². The Kier molecular flexibility index (Phi) is 3.75. The lowest BCUT2D eigenvalue weighted by molar-refractivity contribution is -0.141. The molecule has 2 aliphatic heterocycles. The maximum Gasteiger partial charge on any atom is 0.329 e. The highest BCUT2D eigenvalue weighted by Crippen LogP contribution is 2.32. The molecular formula is C18H21N3O3. The van der Waals surface area contributed by atoms with Gasteiger partial charge in [0.15, 0.2) is 0 Å². The van der Waals surface area contributed by atoms with Crippen molar-refractivity contribution in [2.24, 2.45) is 5.92 Å². The summed E-state index contributed by atoms with van der Waals surface area (Å²) in [6, 6.07) is 7.64. The summed E-state index contributed by atoms with van der Waals surface area (Å²) < 4.78 is 0. The SMILES string of the molecule is O=C1N[C@@H]2CCN(C(=O)C3CCCC3)[C@@H]2C(=O)N1c1ccccc1. The van der Waals surface area contributed by atoms with E-state index in [1.165, 1.54) is 4.90 Å². The number of hydrogen-bond acceptors (Lipinski definition) is 3. The Morgan fingerprint density at radius 1 is 1.04 bits per heavy atom. The van der Waals surface area contributed by atoms with E-state index < -0.39 is 12.1 Å². The molecule has 3 aliphatic rings. The van der Waals surface area contributed by atoms with Gasteiger partial charge in [0.1, 0.15) is 6.04 Å². The first-order valence-electron chi connectivity index (χ1n) is 8.67. The van der Waals surface area contributed by atoms with Gasteiger partial charge in [-0.3, -0.25) is 9.59 Å². The Morgan fingerprint density at radius 3 is 2.46 bits per heavy atom. The molecule has 0 aromatic heterocycles. The third-order valence-corrected chi connectivity index (χ3v) is 5.39. The molecule has 2 heterocycles. The number of nitrogens with zero attached hydrogens (tertiary/aromatic N) is 2. The van der Waals surface area contributed by atoms with Gasteiger partial charge in [-0.1, -0.05) is 31.0 Å². The monoisotopic (exact) mass is 327 g/mol. The maximum atomic E-state index is 13.0. The number of hydrogen-bond donors (Lipinski definition) is 1. The first-order chi connectivity index (χ1) is 11.7. The molecule has 24 heavy (non-hydrogen) atoms. The molecule has 1 aromatic carbocycles. The fourth-order valence-corrected chi connectivity index (χ4v) is 4.18. The smallest absolute Gasteiger partial charge is 0.329 e. The van der Waals surface area contributed by atoms with Crippen molar-refractivity contribution in [3.05, 3.63) is 30.3 Å². The highest BCUT2D eigenvalue weighted by Gasteiger charge is 2.50. The molecule has 2 atom stereocenters. The van der Waals surface area contributed by atoms with Crippen LogP contribution in [0.4, 0.5) is 10.5 Å². The van der Waals surface area contributed by atoms with Crippen LogP contribution in [0.5, 0.6) is 0 Å². The summed E-state index contributed by atoms with van der Waals surface area (Å²) in [7, 11) is 0. The second kappa shape index (κ2) is 5.92. The molecular weight excluding hydrogens is 306 g/mol. The molecule has 1 aliphatic carbocycles. The molecule has 6 heteroatoms. The van der Waals surface area contributed by atoms with Gasteiger partial charge in [-0.2, -0.15) is 0 Å². The van der Waals surface area contributed by atoms with E-state index in [0.717, 1.165) is 25.7 Å². The highest BCUT2D eigenvalue weighted by molar-refractivity contribution is 6.19. The van der Waals surface area contributed by atoms with Gasteiger partial charge < -0.3 is 10.2 Å². The highest BCUT2D eigenvalue weighted by atomic mass is 16.2. The van der Waals surface area contributed by atoms with Crippen LogP contribution in [0.1, 0.15) is 32.1 Å². The number of para-hydroxylation sites is 1. The summed E-state index contributed by atoms with van der Waals surface area (Å²) in [6.07, 6.45) is 4.63. The van der Waals surface area contributed by atoms with Gasteiger partial charge in [0.05, 0.1) is 11.7 Å². The van der Waals surface area contributed by atoms with Gasteiger partial charge in [-0.15, -0.1) is 0 Å². The number of anilines is 1. The number of fused-ring (bicyclic) bond motifs is 1. The molecule has 0 unspecified atom stereocenters. The normalized spacial score (nSPS) is 27.3. The topological polar surface area (TPSA) is 69.7 Å². The molecule has 0 spiro atoms. The molecule has 3 fully saturated rings. The third kappa shape index (κ3) is 2.37. The standard InChI is InChI=1S/C18H21N3O3/c22-16(12-6-4-5-7-12)20-11-10-14-15(20)17(23)21(18(24)19-14)13-8-2-1-3-9-13/h1-3,8-9,12,14-15H,4-7,10-11H2,(H,19,24)/t14-,15+/m1/s1. The summed E-state index contributed by atoms with van der Waals surface area (Å²) >= 11 is 0. The lowest BCUT2D eigenvalue weighted by Gasteiger charge is -2.37. The zero-order valence-electron chi connectivity index (χ0n) is 13.5. The van der Waals surface area contributed by atoms with Crippen molar-refractivity contribution in [2.45, 2.75) is 44.2 Å². The average molecular weight is 327 g/mol. The molecule has 6 nitrogen and oxygen atoms in total. The van der Waals surface area contributed by atoms with Gasteiger partial charge in [0, 0.05) is 12.5 Å². The first kappa shape index (κ1) is 15.2. The van der Waals surface area contributed by atoms with E-state index in [9.17, 15) is 14.4 Å². The van der Waals surface area contributed by atoms with E-state index in [2.05, 4.69) is 5.32 Å². The molecule has 4 rings (SSSR count). The Morgan fingerprint density at radius 2 is 1.75 bits per heavy atom. The van der Waals surface area contributed by atoms with Crippen molar-refractivity contribution in [1.82, 2.24) is 10.2 Å². The number of amides is 4. The van der Waals surface area contributed by atoms with Gasteiger partial charge in [-0.05, 0) is 31.4 Å². The number of imide groups is 1. The van der Waals surface area contributed by atoms with Crippen LogP contribution >= 0.6 is 0 Å². The number of nitrogens with one attached hydrogen (secondary N) is 1. The van der Waals surface area contributed by atoms with E-state index in [0.29, 0.717) is 18.7 Å². The Bertz CT molecular complexity index is 669. The van der Waals surface area contributed by atoms with Crippen LogP contribution in [-0.4, -0.2) is 41.4 Å². The van der Waals surface area contributed by atoms with Crippen LogP contribution in [0, 0.1) is 5.92 Å². The zero-order valence-corrected chi connectivity index (χ0v) is 13.5. The number of urea groups is 1. The summed E-state index contributed by atoms with van der Waals surface area (Å²) in [4.78, 5) is 41.1. The van der Waals surface area contributed by atoms with Crippen molar-refractivity contribution in [3.8, 4) is 0 Å². The summed E-state index contributed by atoms with van der Waals surface area (Å²) in [5.74, 6) is -0.171. The zero-order chi connectivity index (χ0) is 16.7. The summed E-state index contributed by atoms with van der Waals surface area (Å²) in [6.45, 7) is 0.541. The van der Waals surface area contributed by atoms with Crippen molar-refractivity contribution < 1.29 is 14.4 Å². The molecule has 0 radical (unpaired) electrons. The number of carbonyl (C=O) groups excluding carboxylic acids is 3. The van der Waals surface area contributed by atoms with Crippen LogP contribution in [0.25, 0.3) is 0 Å². The largest absolute Gasteiger partial charge is 0.332 e. The second-order valence-electron chi connectivity index (χ2n) is 6.81. The van der Waals surface area contributed by atoms with Crippen molar-refractivity contribution in [2.75, 3.05) is 11.4 Å². The molecule has 2 saturated heterocycles.